The maximum Gasteiger partial charge on any atom is 0.313 e. The number of nitrogens with zero attached hydrogens (tertiary/aromatic N) is 1. The van der Waals surface area contributed by atoms with E-state index in [1.807, 2.05) is 6.07 Å². The average Bonchev–Trinajstić information content (AvgIpc) is 2.46. The molecule has 0 amide bonds. The molecular weight excluding hydrogens is 265 g/mol. The first-order chi connectivity index (χ1) is 9.58. The van der Waals surface area contributed by atoms with Gasteiger partial charge in [-0.25, -0.2) is 4.39 Å². The lowest BCUT2D eigenvalue weighted by molar-refractivity contribution is -0.386. The van der Waals surface area contributed by atoms with Gasteiger partial charge < -0.3 is 9.84 Å². The number of nitro benzene ring substituents is 1. The monoisotopic (exact) mass is 277 g/mol. The zero-order chi connectivity index (χ0) is 14.5. The summed E-state index contributed by atoms with van der Waals surface area (Å²) < 4.78 is 18.2. The van der Waals surface area contributed by atoms with Gasteiger partial charge in [-0.05, 0) is 17.7 Å². The van der Waals surface area contributed by atoms with E-state index in [4.69, 9.17) is 4.74 Å². The van der Waals surface area contributed by atoms with Crippen molar-refractivity contribution in [3.63, 3.8) is 0 Å². The molecule has 0 saturated carbocycles. The fourth-order valence-corrected chi connectivity index (χ4v) is 1.70. The molecule has 0 fully saturated rings. The molecule has 6 heteroatoms. The van der Waals surface area contributed by atoms with Gasteiger partial charge in [0, 0.05) is 0 Å². The van der Waals surface area contributed by atoms with Crippen molar-refractivity contribution in [3.05, 3.63) is 70.0 Å². The zero-order valence-electron chi connectivity index (χ0n) is 10.4. The maximum atomic E-state index is 13.0. The van der Waals surface area contributed by atoms with Crippen molar-refractivity contribution in [2.75, 3.05) is 6.61 Å². The fourth-order valence-electron chi connectivity index (χ4n) is 1.70. The van der Waals surface area contributed by atoms with Crippen molar-refractivity contribution in [1.82, 2.24) is 0 Å². The fraction of sp³-hybridized carbons (Fsp3) is 0.143. The van der Waals surface area contributed by atoms with E-state index in [0.717, 1.165) is 12.1 Å². The summed E-state index contributed by atoms with van der Waals surface area (Å²) in [6.45, 7) is -0.156. The van der Waals surface area contributed by atoms with Gasteiger partial charge >= 0.3 is 5.69 Å². The van der Waals surface area contributed by atoms with Crippen LogP contribution >= 0.6 is 0 Å². The second-order valence-corrected chi connectivity index (χ2v) is 4.11. The Kier molecular flexibility index (Phi) is 4.27. The van der Waals surface area contributed by atoms with Crippen LogP contribution in [-0.4, -0.2) is 16.6 Å². The van der Waals surface area contributed by atoms with E-state index in [1.165, 1.54) is 6.07 Å². The molecule has 2 rings (SSSR count). The van der Waals surface area contributed by atoms with Crippen LogP contribution in [0.2, 0.25) is 0 Å². The summed E-state index contributed by atoms with van der Waals surface area (Å²) in [6.07, 6.45) is -0.916. The second kappa shape index (κ2) is 6.12. The van der Waals surface area contributed by atoms with Gasteiger partial charge in [-0.3, -0.25) is 10.1 Å². The highest BCUT2D eigenvalue weighted by atomic mass is 19.1. The Balaban J connectivity index is 2.09. The third-order valence-corrected chi connectivity index (χ3v) is 2.70. The smallest absolute Gasteiger partial charge is 0.313 e. The molecule has 0 radical (unpaired) electrons. The maximum absolute atomic E-state index is 13.0. The number of benzene rings is 2. The van der Waals surface area contributed by atoms with Crippen molar-refractivity contribution in [2.24, 2.45) is 0 Å². The van der Waals surface area contributed by atoms with Gasteiger partial charge in [-0.2, -0.15) is 0 Å². The third kappa shape index (κ3) is 3.30. The molecule has 20 heavy (non-hydrogen) atoms. The highest BCUT2D eigenvalue weighted by Gasteiger charge is 2.17. The minimum Gasteiger partial charge on any atom is -0.484 e. The van der Waals surface area contributed by atoms with Crippen LogP contribution in [0, 0.1) is 15.9 Å². The van der Waals surface area contributed by atoms with E-state index in [-0.39, 0.29) is 12.4 Å². The summed E-state index contributed by atoms with van der Waals surface area (Å²) in [7, 11) is 0. The van der Waals surface area contributed by atoms with E-state index >= 15 is 0 Å². The summed E-state index contributed by atoms with van der Waals surface area (Å²) in [5.41, 5.74) is 0.169. The van der Waals surface area contributed by atoms with Gasteiger partial charge in [0.1, 0.15) is 18.5 Å². The quantitative estimate of drug-likeness (QED) is 0.673. The predicted octanol–water partition coefficient (Wildman–Crippen LogP) is 2.85. The van der Waals surface area contributed by atoms with Crippen LogP contribution in [0.1, 0.15) is 11.7 Å². The first kappa shape index (κ1) is 14.0. The minimum atomic E-state index is -0.916. The average molecular weight is 277 g/mol. The Labute approximate surface area is 114 Å². The highest BCUT2D eigenvalue weighted by molar-refractivity contribution is 5.46. The van der Waals surface area contributed by atoms with Crippen LogP contribution in [-0.2, 0) is 0 Å². The SMILES string of the molecule is O=[N+]([O-])c1cc(F)ccc1OCC(O)c1ccccc1. The van der Waals surface area contributed by atoms with Crippen molar-refractivity contribution in [1.29, 1.82) is 0 Å². The van der Waals surface area contributed by atoms with E-state index in [2.05, 4.69) is 0 Å². The molecule has 2 aromatic rings. The molecule has 104 valence electrons. The van der Waals surface area contributed by atoms with Crippen LogP contribution in [0.4, 0.5) is 10.1 Å². The molecule has 0 aliphatic carbocycles. The minimum absolute atomic E-state index is 0.0774. The molecule has 0 saturated heterocycles. The molecule has 1 unspecified atom stereocenters. The summed E-state index contributed by atoms with van der Waals surface area (Å²) in [6, 6.07) is 11.8. The molecule has 1 atom stereocenters. The van der Waals surface area contributed by atoms with Crippen molar-refractivity contribution in [3.8, 4) is 5.75 Å². The molecule has 0 aliphatic heterocycles. The summed E-state index contributed by atoms with van der Waals surface area (Å²) in [5, 5.41) is 20.7. The number of nitro groups is 1. The standard InChI is InChI=1S/C14H12FNO4/c15-11-6-7-14(12(8-11)16(18)19)20-9-13(17)10-4-2-1-3-5-10/h1-8,13,17H,9H2. The summed E-state index contributed by atoms with van der Waals surface area (Å²) in [4.78, 5) is 10.1. The molecule has 1 N–H and O–H groups in total. The number of rotatable bonds is 5. The van der Waals surface area contributed by atoms with Crippen molar-refractivity contribution >= 4 is 5.69 Å². The number of aliphatic hydroxyl groups excluding tert-OH is 1. The number of hydrogen-bond donors (Lipinski definition) is 1. The Morgan fingerprint density at radius 1 is 1.25 bits per heavy atom. The van der Waals surface area contributed by atoms with Crippen LogP contribution in [0.15, 0.2) is 48.5 Å². The van der Waals surface area contributed by atoms with Gasteiger partial charge in [0.05, 0.1) is 11.0 Å². The summed E-state index contributed by atoms with van der Waals surface area (Å²) >= 11 is 0. The Hall–Kier alpha value is -2.47. The Morgan fingerprint density at radius 3 is 2.60 bits per heavy atom. The molecule has 0 heterocycles. The normalized spacial score (nSPS) is 11.9. The zero-order valence-corrected chi connectivity index (χ0v) is 10.4. The molecular formula is C14H12FNO4. The van der Waals surface area contributed by atoms with Crippen LogP contribution < -0.4 is 4.74 Å². The highest BCUT2D eigenvalue weighted by Crippen LogP contribution is 2.28. The van der Waals surface area contributed by atoms with Crippen molar-refractivity contribution < 1.29 is 19.2 Å². The van der Waals surface area contributed by atoms with Gasteiger partial charge in [0.2, 0.25) is 0 Å². The lowest BCUT2D eigenvalue weighted by atomic mass is 10.1. The van der Waals surface area contributed by atoms with Crippen LogP contribution in [0.25, 0.3) is 0 Å². The van der Waals surface area contributed by atoms with Gasteiger partial charge in [0.15, 0.2) is 5.75 Å². The Bertz CT molecular complexity index is 603. The molecule has 5 nitrogen and oxygen atoms in total. The number of ether oxygens (including phenoxy) is 1. The van der Waals surface area contributed by atoms with Crippen molar-refractivity contribution in [2.45, 2.75) is 6.10 Å². The number of aliphatic hydroxyl groups is 1. The lowest BCUT2D eigenvalue weighted by Crippen LogP contribution is -2.10. The van der Waals surface area contributed by atoms with E-state index in [0.29, 0.717) is 5.56 Å². The second-order valence-electron chi connectivity index (χ2n) is 4.11. The van der Waals surface area contributed by atoms with Gasteiger partial charge in [-0.1, -0.05) is 30.3 Å². The third-order valence-electron chi connectivity index (χ3n) is 2.70. The molecule has 0 aliphatic rings. The van der Waals surface area contributed by atoms with Crippen LogP contribution in [0.3, 0.4) is 0 Å². The summed E-state index contributed by atoms with van der Waals surface area (Å²) in [5.74, 6) is -0.793. The van der Waals surface area contributed by atoms with E-state index < -0.39 is 22.5 Å². The van der Waals surface area contributed by atoms with Gasteiger partial charge in [0.25, 0.3) is 0 Å². The van der Waals surface area contributed by atoms with E-state index in [9.17, 15) is 19.6 Å². The number of hydrogen-bond acceptors (Lipinski definition) is 4. The Morgan fingerprint density at radius 2 is 1.95 bits per heavy atom. The molecule has 2 aromatic carbocycles. The van der Waals surface area contributed by atoms with Crippen LogP contribution in [0.5, 0.6) is 5.75 Å². The largest absolute Gasteiger partial charge is 0.484 e. The first-order valence-electron chi connectivity index (χ1n) is 5.87. The molecule has 0 bridgehead atoms. The number of halogens is 1. The molecule has 0 aromatic heterocycles. The van der Waals surface area contributed by atoms with E-state index in [1.54, 1.807) is 24.3 Å². The van der Waals surface area contributed by atoms with Gasteiger partial charge in [-0.15, -0.1) is 0 Å². The topological polar surface area (TPSA) is 72.6 Å². The molecule has 0 spiro atoms. The predicted molar refractivity (Wildman–Crippen MR) is 70.0 cm³/mol. The lowest BCUT2D eigenvalue weighted by Gasteiger charge is -2.12. The first-order valence-corrected chi connectivity index (χ1v) is 5.87.